The maximum atomic E-state index is 13.3. The molecular formula is C22H27N5O3S. The van der Waals surface area contributed by atoms with Gasteiger partial charge in [0.05, 0.1) is 18.3 Å². The third kappa shape index (κ3) is 3.55. The number of cyclic esters (lactones) is 1. The summed E-state index contributed by atoms with van der Waals surface area (Å²) in [7, 11) is 1.88. The predicted octanol–water partition coefficient (Wildman–Crippen LogP) is 2.87. The van der Waals surface area contributed by atoms with Crippen LogP contribution in [0.5, 0.6) is 0 Å². The third-order valence-electron chi connectivity index (χ3n) is 6.29. The van der Waals surface area contributed by atoms with Crippen LogP contribution in [0.3, 0.4) is 0 Å². The molecule has 2 fully saturated rings. The molecule has 5 rings (SSSR count). The van der Waals surface area contributed by atoms with Gasteiger partial charge in [-0.05, 0) is 45.0 Å². The van der Waals surface area contributed by atoms with Gasteiger partial charge in [0.1, 0.15) is 18.2 Å². The molecule has 2 aromatic heterocycles. The molecule has 4 heterocycles. The summed E-state index contributed by atoms with van der Waals surface area (Å²) in [6, 6.07) is 7.25. The van der Waals surface area contributed by atoms with Crippen LogP contribution in [0.4, 0.5) is 16.4 Å². The van der Waals surface area contributed by atoms with E-state index in [1.165, 1.54) is 4.90 Å². The van der Waals surface area contributed by atoms with Gasteiger partial charge in [-0.3, -0.25) is 19.6 Å². The van der Waals surface area contributed by atoms with Crippen molar-refractivity contribution in [2.75, 3.05) is 23.5 Å². The molecular weight excluding hydrogens is 414 g/mol. The first kappa shape index (κ1) is 21.6. The second kappa shape index (κ2) is 7.80. The summed E-state index contributed by atoms with van der Waals surface area (Å²) in [6.07, 6.45) is 1.79. The van der Waals surface area contributed by atoms with Gasteiger partial charge in [0.15, 0.2) is 0 Å². The average Bonchev–Trinajstić information content (AvgIpc) is 3.27. The summed E-state index contributed by atoms with van der Waals surface area (Å²) < 4.78 is 5.11. The Hall–Kier alpha value is -2.65. The van der Waals surface area contributed by atoms with Gasteiger partial charge < -0.3 is 10.1 Å². The number of carbonyl (C=O) groups is 2. The minimum atomic E-state index is -0.411. The number of carbonyl (C=O) groups excluding carboxylic acids is 2. The Bertz CT molecular complexity index is 1060. The highest BCUT2D eigenvalue weighted by atomic mass is 32.1. The number of nitrogens with zero attached hydrogens (tertiary/aromatic N) is 4. The van der Waals surface area contributed by atoms with Crippen molar-refractivity contribution in [2.24, 2.45) is 0 Å². The molecule has 8 nitrogen and oxygen atoms in total. The fourth-order valence-corrected chi connectivity index (χ4v) is 4.15. The molecule has 0 bridgehead atoms. The molecule has 0 spiro atoms. The lowest BCUT2D eigenvalue weighted by molar-refractivity contribution is 0.0995. The molecule has 9 heteroatoms. The summed E-state index contributed by atoms with van der Waals surface area (Å²) in [5.74, 6) is 0.943. The van der Waals surface area contributed by atoms with E-state index in [0.717, 1.165) is 29.8 Å². The van der Waals surface area contributed by atoms with E-state index in [1.807, 2.05) is 26.1 Å². The van der Waals surface area contributed by atoms with Crippen molar-refractivity contribution >= 4 is 37.1 Å². The summed E-state index contributed by atoms with van der Waals surface area (Å²) in [6.45, 7) is 5.47. The van der Waals surface area contributed by atoms with Crippen LogP contribution in [0.25, 0.3) is 0 Å². The lowest BCUT2D eigenvalue weighted by atomic mass is 9.99. The Balaban J connectivity index is 0.00000231. The van der Waals surface area contributed by atoms with E-state index in [0.29, 0.717) is 36.9 Å². The van der Waals surface area contributed by atoms with Gasteiger partial charge in [-0.15, -0.1) is 0 Å². The van der Waals surface area contributed by atoms with Crippen molar-refractivity contribution in [2.45, 2.75) is 51.2 Å². The minimum Gasteiger partial charge on any atom is -0.447 e. The van der Waals surface area contributed by atoms with Crippen LogP contribution in [-0.2, 0) is 23.2 Å². The molecule has 31 heavy (non-hydrogen) atoms. The van der Waals surface area contributed by atoms with Gasteiger partial charge in [-0.2, -0.15) is 13.5 Å². The molecule has 1 aliphatic carbocycles. The molecule has 1 saturated heterocycles. The van der Waals surface area contributed by atoms with Crippen molar-refractivity contribution in [1.82, 2.24) is 15.3 Å². The lowest BCUT2D eigenvalue weighted by Gasteiger charge is -2.20. The Kier molecular flexibility index (Phi) is 5.43. The third-order valence-corrected chi connectivity index (χ3v) is 6.29. The van der Waals surface area contributed by atoms with E-state index < -0.39 is 6.09 Å². The molecule has 164 valence electrons. The van der Waals surface area contributed by atoms with Crippen LogP contribution in [0.2, 0.25) is 0 Å². The largest absolute Gasteiger partial charge is 0.447 e. The van der Waals surface area contributed by atoms with Crippen LogP contribution in [-0.4, -0.2) is 41.7 Å². The maximum absolute atomic E-state index is 13.3. The van der Waals surface area contributed by atoms with E-state index in [4.69, 9.17) is 9.72 Å². The second-order valence-corrected chi connectivity index (χ2v) is 8.61. The Labute approximate surface area is 188 Å². The number of pyridine rings is 2. The normalized spacial score (nSPS) is 21.1. The van der Waals surface area contributed by atoms with E-state index in [2.05, 4.69) is 17.2 Å². The average molecular weight is 442 g/mol. The number of hydrogen-bond acceptors (Lipinski definition) is 6. The number of fused-ring (bicyclic) bond motifs is 1. The number of amides is 2. The summed E-state index contributed by atoms with van der Waals surface area (Å²) in [4.78, 5) is 38.1. The topological polar surface area (TPSA) is 87.7 Å². The standard InChI is InChI=1S/C22H25N5O3.H2S/c1-13-12-30-21(29)27(13)19-6-4-5-18(25-19)26-11-15-14(20(26)28)9-17(22(2)7-8-22)24-16(15)10-23-3;/h4-6,9,13,23H,7-8,10-12H2,1-3H3;1H2/t13-;/m0./s1. The monoisotopic (exact) mass is 441 g/mol. The Morgan fingerprint density at radius 2 is 1.97 bits per heavy atom. The highest BCUT2D eigenvalue weighted by molar-refractivity contribution is 7.59. The van der Waals surface area contributed by atoms with Crippen molar-refractivity contribution in [3.8, 4) is 0 Å². The molecule has 0 aromatic carbocycles. The number of nitrogens with one attached hydrogen (secondary N) is 1. The fraction of sp³-hybridized carbons (Fsp3) is 0.455. The van der Waals surface area contributed by atoms with Crippen LogP contribution in [0.1, 0.15) is 54.0 Å². The lowest BCUT2D eigenvalue weighted by Crippen LogP contribution is -2.32. The number of hydrogen-bond donors (Lipinski definition) is 1. The SMILES string of the molecule is CNCc1nc(C2(C)CC2)cc2c1CN(c1cccc(N3C(=O)OC[C@@H]3C)n1)C2=O.S. The van der Waals surface area contributed by atoms with E-state index in [-0.39, 0.29) is 30.9 Å². The zero-order chi connectivity index (χ0) is 21.0. The van der Waals surface area contributed by atoms with Crippen LogP contribution < -0.4 is 15.1 Å². The molecule has 2 aromatic rings. The number of rotatable bonds is 5. The highest BCUT2D eigenvalue weighted by Gasteiger charge is 2.43. The minimum absolute atomic E-state index is 0. The smallest absolute Gasteiger partial charge is 0.415 e. The number of ether oxygens (including phenoxy) is 1. The Morgan fingerprint density at radius 1 is 1.23 bits per heavy atom. The highest BCUT2D eigenvalue weighted by Crippen LogP contribution is 2.47. The van der Waals surface area contributed by atoms with Gasteiger partial charge in [-0.25, -0.2) is 9.78 Å². The maximum Gasteiger partial charge on any atom is 0.415 e. The molecule has 1 N–H and O–H groups in total. The first-order chi connectivity index (χ1) is 14.4. The van der Waals surface area contributed by atoms with Crippen LogP contribution in [0.15, 0.2) is 24.3 Å². The summed E-state index contributed by atoms with van der Waals surface area (Å²) >= 11 is 0. The van der Waals surface area contributed by atoms with Crippen molar-refractivity contribution in [1.29, 1.82) is 0 Å². The molecule has 3 aliphatic rings. The van der Waals surface area contributed by atoms with Crippen LogP contribution >= 0.6 is 13.5 Å². The number of anilines is 2. The summed E-state index contributed by atoms with van der Waals surface area (Å²) in [5, 5.41) is 3.17. The van der Waals surface area contributed by atoms with Crippen molar-refractivity contribution in [3.63, 3.8) is 0 Å². The molecule has 2 aliphatic heterocycles. The molecule has 0 unspecified atom stereocenters. The van der Waals surface area contributed by atoms with E-state index in [1.54, 1.807) is 17.0 Å². The Morgan fingerprint density at radius 3 is 2.61 bits per heavy atom. The van der Waals surface area contributed by atoms with Gasteiger partial charge in [0.25, 0.3) is 5.91 Å². The fourth-order valence-electron chi connectivity index (χ4n) is 4.15. The van der Waals surface area contributed by atoms with Crippen molar-refractivity contribution < 1.29 is 14.3 Å². The van der Waals surface area contributed by atoms with Crippen LogP contribution in [0, 0.1) is 0 Å². The molecule has 1 atom stereocenters. The quantitative estimate of drug-likeness (QED) is 0.768. The molecule has 0 radical (unpaired) electrons. The number of aromatic nitrogens is 2. The first-order valence-electron chi connectivity index (χ1n) is 10.3. The van der Waals surface area contributed by atoms with Gasteiger partial charge in [0, 0.05) is 28.8 Å². The van der Waals surface area contributed by atoms with Crippen molar-refractivity contribution in [3.05, 3.63) is 46.8 Å². The zero-order valence-corrected chi connectivity index (χ0v) is 18.9. The predicted molar refractivity (Wildman–Crippen MR) is 122 cm³/mol. The van der Waals surface area contributed by atoms with E-state index in [9.17, 15) is 9.59 Å². The van der Waals surface area contributed by atoms with Gasteiger partial charge in [0.2, 0.25) is 0 Å². The zero-order valence-electron chi connectivity index (χ0n) is 17.9. The first-order valence-corrected chi connectivity index (χ1v) is 10.3. The second-order valence-electron chi connectivity index (χ2n) is 8.61. The van der Waals surface area contributed by atoms with E-state index >= 15 is 0 Å². The van der Waals surface area contributed by atoms with Gasteiger partial charge >= 0.3 is 6.09 Å². The van der Waals surface area contributed by atoms with Gasteiger partial charge in [-0.1, -0.05) is 13.0 Å². The molecule has 2 amide bonds. The molecule has 1 saturated carbocycles. The summed E-state index contributed by atoms with van der Waals surface area (Å²) in [5.41, 5.74) is 3.65.